The highest BCUT2D eigenvalue weighted by molar-refractivity contribution is 6.12. The molecule has 0 bridgehead atoms. The number of fused-ring (bicyclic) bond motifs is 6. The molecule has 0 saturated carbocycles. The lowest BCUT2D eigenvalue weighted by atomic mass is 9.79. The van der Waals surface area contributed by atoms with Crippen LogP contribution >= 0.6 is 0 Å². The SMILES string of the molecule is C=NC(=NC(=NCc1cc(C2Cc3ccccc3-c3ccccc3C2C)cc(-n2c3ccccc3c3ccccc32)c1)c1ccccc1)c1ccccc1. The lowest BCUT2D eigenvalue weighted by Crippen LogP contribution is -2.12. The molecule has 1 aliphatic rings. The standard InChI is InChI=1S/C50H40N4/c1-34-41-22-11-12-24-43(41)42-23-10-9-21-38(42)32-46(34)39-29-35(30-40(31-39)54-47-27-15-13-25-44(47)45-26-14-16-28-48(45)54)33-52-50(37-19-7-4-8-20-37)53-49(51-2)36-17-5-3-6-18-36/h3-31,34,46H,2,32-33H2,1H3. The molecular formula is C50H40N4. The second-order valence-electron chi connectivity index (χ2n) is 14.1. The topological polar surface area (TPSA) is 42.0 Å². The monoisotopic (exact) mass is 696 g/mol. The van der Waals surface area contributed by atoms with Crippen LogP contribution in [0.15, 0.2) is 191 Å². The van der Waals surface area contributed by atoms with Crippen LogP contribution in [0.4, 0.5) is 0 Å². The maximum absolute atomic E-state index is 5.25. The van der Waals surface area contributed by atoms with Crippen LogP contribution < -0.4 is 0 Å². The Morgan fingerprint density at radius 2 is 1.19 bits per heavy atom. The minimum absolute atomic E-state index is 0.242. The average molecular weight is 697 g/mol. The summed E-state index contributed by atoms with van der Waals surface area (Å²) in [5.41, 5.74) is 13.2. The number of hydrogen-bond acceptors (Lipinski definition) is 1. The fourth-order valence-electron chi connectivity index (χ4n) is 8.30. The number of benzene rings is 7. The molecule has 260 valence electrons. The van der Waals surface area contributed by atoms with Gasteiger partial charge in [-0.1, -0.05) is 159 Å². The van der Waals surface area contributed by atoms with Gasteiger partial charge in [-0.3, -0.25) is 4.99 Å². The van der Waals surface area contributed by atoms with E-state index in [1.807, 2.05) is 48.5 Å². The van der Waals surface area contributed by atoms with Gasteiger partial charge in [0.25, 0.3) is 0 Å². The highest BCUT2D eigenvalue weighted by atomic mass is 15.0. The number of amidine groups is 2. The lowest BCUT2D eigenvalue weighted by molar-refractivity contribution is 0.578. The van der Waals surface area contributed by atoms with E-state index in [1.165, 1.54) is 49.6 Å². The summed E-state index contributed by atoms with van der Waals surface area (Å²) in [7, 11) is 0. The fraction of sp³-hybridized carbons (Fsp3) is 0.100. The number of hydrogen-bond donors (Lipinski definition) is 0. The molecule has 1 heterocycles. The first-order valence-corrected chi connectivity index (χ1v) is 18.7. The van der Waals surface area contributed by atoms with E-state index in [0.29, 0.717) is 18.2 Å². The van der Waals surface area contributed by atoms with Gasteiger partial charge in [0, 0.05) is 27.6 Å². The number of rotatable bonds is 6. The number of nitrogens with zero attached hydrogens (tertiary/aromatic N) is 4. The van der Waals surface area contributed by atoms with Gasteiger partial charge in [-0.2, -0.15) is 0 Å². The van der Waals surface area contributed by atoms with E-state index in [9.17, 15) is 0 Å². The first kappa shape index (κ1) is 33.2. The van der Waals surface area contributed by atoms with Gasteiger partial charge in [-0.25, -0.2) is 9.98 Å². The van der Waals surface area contributed by atoms with Crippen molar-refractivity contribution >= 4 is 40.2 Å². The third-order valence-corrected chi connectivity index (χ3v) is 10.9. The van der Waals surface area contributed by atoms with Crippen molar-refractivity contribution in [1.82, 2.24) is 4.57 Å². The van der Waals surface area contributed by atoms with Gasteiger partial charge in [0.05, 0.1) is 17.6 Å². The molecule has 4 nitrogen and oxygen atoms in total. The molecular weight excluding hydrogens is 657 g/mol. The van der Waals surface area contributed by atoms with Crippen molar-refractivity contribution in [2.75, 3.05) is 0 Å². The van der Waals surface area contributed by atoms with Crippen molar-refractivity contribution in [2.45, 2.75) is 31.7 Å². The largest absolute Gasteiger partial charge is 0.309 e. The molecule has 0 spiro atoms. The Balaban J connectivity index is 1.24. The third-order valence-electron chi connectivity index (χ3n) is 10.9. The zero-order valence-electron chi connectivity index (χ0n) is 30.3. The van der Waals surface area contributed by atoms with Gasteiger partial charge in [-0.15, -0.1) is 0 Å². The number of para-hydroxylation sites is 2. The molecule has 0 fully saturated rings. The molecule has 0 aliphatic heterocycles. The highest BCUT2D eigenvalue weighted by Crippen LogP contribution is 2.46. The first-order valence-electron chi connectivity index (χ1n) is 18.7. The van der Waals surface area contributed by atoms with Crippen LogP contribution in [0.25, 0.3) is 38.6 Å². The number of aliphatic imine (C=N–C) groups is 3. The van der Waals surface area contributed by atoms with E-state index in [1.54, 1.807) is 0 Å². The Bertz CT molecular complexity index is 2650. The molecule has 1 aliphatic carbocycles. The molecule has 7 aromatic carbocycles. The van der Waals surface area contributed by atoms with Crippen molar-refractivity contribution in [3.63, 3.8) is 0 Å². The summed E-state index contributed by atoms with van der Waals surface area (Å²) < 4.78 is 2.43. The van der Waals surface area contributed by atoms with Crippen molar-refractivity contribution in [3.05, 3.63) is 209 Å². The molecule has 4 heteroatoms. The Hall–Kier alpha value is -6.65. The summed E-state index contributed by atoms with van der Waals surface area (Å²) >= 11 is 0. The van der Waals surface area contributed by atoms with Crippen molar-refractivity contribution in [1.29, 1.82) is 0 Å². The van der Waals surface area contributed by atoms with Gasteiger partial charge in [0.15, 0.2) is 11.7 Å². The Labute approximate surface area is 316 Å². The quantitative estimate of drug-likeness (QED) is 0.123. The molecule has 0 saturated heterocycles. The minimum atomic E-state index is 0.242. The van der Waals surface area contributed by atoms with Gasteiger partial charge in [-0.05, 0) is 82.6 Å². The van der Waals surface area contributed by atoms with E-state index >= 15 is 0 Å². The molecule has 9 rings (SSSR count). The summed E-state index contributed by atoms with van der Waals surface area (Å²) in [6, 6.07) is 62.6. The molecule has 2 atom stereocenters. The van der Waals surface area contributed by atoms with E-state index < -0.39 is 0 Å². The van der Waals surface area contributed by atoms with E-state index in [0.717, 1.165) is 28.8 Å². The maximum atomic E-state index is 5.25. The first-order chi connectivity index (χ1) is 26.7. The summed E-state index contributed by atoms with van der Waals surface area (Å²) in [5.74, 6) is 1.70. The van der Waals surface area contributed by atoms with E-state index in [-0.39, 0.29) is 11.8 Å². The second-order valence-corrected chi connectivity index (χ2v) is 14.1. The zero-order chi connectivity index (χ0) is 36.4. The molecule has 1 aromatic heterocycles. The van der Waals surface area contributed by atoms with Gasteiger partial charge < -0.3 is 4.57 Å². The Morgan fingerprint density at radius 3 is 1.87 bits per heavy atom. The van der Waals surface area contributed by atoms with Crippen LogP contribution in [0.5, 0.6) is 0 Å². The third kappa shape index (κ3) is 6.16. The summed E-state index contributed by atoms with van der Waals surface area (Å²) in [4.78, 5) is 14.6. The van der Waals surface area contributed by atoms with Crippen LogP contribution in [0.3, 0.4) is 0 Å². The average Bonchev–Trinajstić information content (AvgIpc) is 3.51. The van der Waals surface area contributed by atoms with Crippen molar-refractivity contribution < 1.29 is 0 Å². The fourth-order valence-corrected chi connectivity index (χ4v) is 8.30. The van der Waals surface area contributed by atoms with Crippen LogP contribution in [0.2, 0.25) is 0 Å². The Morgan fingerprint density at radius 1 is 0.611 bits per heavy atom. The van der Waals surface area contributed by atoms with Gasteiger partial charge >= 0.3 is 0 Å². The van der Waals surface area contributed by atoms with Crippen LogP contribution in [0.1, 0.15) is 52.1 Å². The summed E-state index contributed by atoms with van der Waals surface area (Å²) in [6.07, 6.45) is 0.941. The smallest absolute Gasteiger partial charge is 0.161 e. The predicted octanol–water partition coefficient (Wildman–Crippen LogP) is 12.0. The maximum Gasteiger partial charge on any atom is 0.161 e. The van der Waals surface area contributed by atoms with Gasteiger partial charge in [0.2, 0.25) is 0 Å². The van der Waals surface area contributed by atoms with E-state index in [4.69, 9.17) is 9.98 Å². The summed E-state index contributed by atoms with van der Waals surface area (Å²) in [6.45, 7) is 6.71. The van der Waals surface area contributed by atoms with Crippen molar-refractivity contribution in [3.8, 4) is 16.8 Å². The summed E-state index contributed by atoms with van der Waals surface area (Å²) in [5, 5.41) is 2.49. The molecule has 8 aromatic rings. The van der Waals surface area contributed by atoms with Crippen LogP contribution in [-0.2, 0) is 13.0 Å². The normalized spacial score (nSPS) is 15.8. The van der Waals surface area contributed by atoms with Crippen molar-refractivity contribution in [2.24, 2.45) is 15.0 Å². The van der Waals surface area contributed by atoms with Gasteiger partial charge in [0.1, 0.15) is 0 Å². The predicted molar refractivity (Wildman–Crippen MR) is 227 cm³/mol. The molecule has 0 amide bonds. The van der Waals surface area contributed by atoms with E-state index in [2.05, 4.69) is 151 Å². The van der Waals surface area contributed by atoms with Crippen LogP contribution in [0, 0.1) is 0 Å². The molecule has 0 radical (unpaired) electrons. The zero-order valence-corrected chi connectivity index (χ0v) is 30.3. The molecule has 54 heavy (non-hydrogen) atoms. The molecule has 0 N–H and O–H groups in total. The minimum Gasteiger partial charge on any atom is -0.309 e. The van der Waals surface area contributed by atoms with Crippen LogP contribution in [-0.4, -0.2) is 23.0 Å². The number of aromatic nitrogens is 1. The molecule has 2 unspecified atom stereocenters. The second kappa shape index (κ2) is 14.4. The lowest BCUT2D eigenvalue weighted by Gasteiger charge is -2.25. The Kier molecular flexibility index (Phi) is 8.86. The highest BCUT2D eigenvalue weighted by Gasteiger charge is 2.29.